The van der Waals surface area contributed by atoms with Gasteiger partial charge in [0.15, 0.2) is 0 Å². The molecule has 1 amide bonds. The van der Waals surface area contributed by atoms with E-state index in [1.807, 2.05) is 0 Å². The van der Waals surface area contributed by atoms with Crippen molar-refractivity contribution in [1.82, 2.24) is 5.32 Å². The van der Waals surface area contributed by atoms with Gasteiger partial charge in [0, 0.05) is 17.9 Å². The summed E-state index contributed by atoms with van der Waals surface area (Å²) in [5.74, 6) is -0.761. The van der Waals surface area contributed by atoms with Crippen molar-refractivity contribution in [1.29, 1.82) is 0 Å². The lowest BCUT2D eigenvalue weighted by Crippen LogP contribution is -2.37. The third-order valence-electron chi connectivity index (χ3n) is 2.69. The van der Waals surface area contributed by atoms with Crippen LogP contribution in [0.4, 0.5) is 0 Å². The number of carbonyl (C=O) groups excluding carboxylic acids is 1. The minimum absolute atomic E-state index is 0.102. The number of nitrogens with one attached hydrogen (secondary N) is 1. The van der Waals surface area contributed by atoms with E-state index in [0.29, 0.717) is 5.56 Å². The molecule has 0 aliphatic heterocycles. The van der Waals surface area contributed by atoms with Gasteiger partial charge in [-0.3, -0.25) is 4.79 Å². The predicted molar refractivity (Wildman–Crippen MR) is 79.2 cm³/mol. The quantitative estimate of drug-likeness (QED) is 0.772. The smallest absolute Gasteiger partial charge is 0.251 e. The Morgan fingerprint density at radius 3 is 2.33 bits per heavy atom. The topological polar surface area (TPSA) is 123 Å². The van der Waals surface area contributed by atoms with Gasteiger partial charge >= 0.3 is 0 Å². The molecular weight excluding hydrogens is 316 g/mol. The number of hydrogen-bond donors (Lipinski definition) is 2. The molecule has 3 N–H and O–H groups in total. The average Bonchev–Trinajstić information content (AvgIpc) is 2.24. The van der Waals surface area contributed by atoms with Gasteiger partial charge in [0.05, 0.1) is 10.6 Å². The Balaban J connectivity index is 2.99. The van der Waals surface area contributed by atoms with Gasteiger partial charge in [-0.1, -0.05) is 6.07 Å². The van der Waals surface area contributed by atoms with Gasteiger partial charge in [-0.2, -0.15) is 0 Å². The third kappa shape index (κ3) is 5.44. The van der Waals surface area contributed by atoms with Crippen molar-refractivity contribution in [2.45, 2.75) is 24.8 Å². The number of aryl methyl sites for hydroxylation is 1. The number of sulfone groups is 1. The number of benzene rings is 1. The largest absolute Gasteiger partial charge is 0.349 e. The monoisotopic (exact) mass is 334 g/mol. The summed E-state index contributed by atoms with van der Waals surface area (Å²) < 4.78 is 45.1. The van der Waals surface area contributed by atoms with E-state index in [1.54, 1.807) is 13.8 Å². The zero-order chi connectivity index (χ0) is 16.4. The molecule has 0 aromatic heterocycles. The molecule has 0 saturated heterocycles. The number of hydrogen-bond acceptors (Lipinski definition) is 5. The number of carbonyl (C=O) groups is 1. The fourth-order valence-corrected chi connectivity index (χ4v) is 3.65. The van der Waals surface area contributed by atoms with Crippen molar-refractivity contribution in [2.75, 3.05) is 12.0 Å². The van der Waals surface area contributed by atoms with E-state index in [-0.39, 0.29) is 16.2 Å². The maximum atomic E-state index is 12.0. The summed E-state index contributed by atoms with van der Waals surface area (Å²) in [7, 11) is -7.14. The minimum atomic E-state index is -3.92. The van der Waals surface area contributed by atoms with Crippen LogP contribution in [0.15, 0.2) is 23.1 Å². The van der Waals surface area contributed by atoms with Gasteiger partial charge in [-0.15, -0.1) is 0 Å². The maximum absolute atomic E-state index is 12.0. The van der Waals surface area contributed by atoms with Gasteiger partial charge in [-0.05, 0) is 31.5 Å². The van der Waals surface area contributed by atoms with E-state index in [9.17, 15) is 21.6 Å². The predicted octanol–water partition coefficient (Wildman–Crippen LogP) is -0.195. The summed E-state index contributed by atoms with van der Waals surface area (Å²) in [5, 5.41) is 7.57. The van der Waals surface area contributed by atoms with Crippen LogP contribution in [0.5, 0.6) is 0 Å². The molecule has 118 valence electrons. The van der Waals surface area contributed by atoms with E-state index in [1.165, 1.54) is 18.2 Å². The summed E-state index contributed by atoms with van der Waals surface area (Å²) in [5.41, 5.74) is 0.531. The molecule has 1 aromatic carbocycles. The van der Waals surface area contributed by atoms with Crippen molar-refractivity contribution < 1.29 is 21.6 Å². The molecule has 1 unspecified atom stereocenters. The Hall–Kier alpha value is -1.45. The second kappa shape index (κ2) is 6.12. The van der Waals surface area contributed by atoms with Crippen molar-refractivity contribution in [2.24, 2.45) is 5.14 Å². The molecule has 0 spiro atoms. The Kier molecular flexibility index (Phi) is 5.13. The highest BCUT2D eigenvalue weighted by Gasteiger charge is 2.17. The summed E-state index contributed by atoms with van der Waals surface area (Å²) in [6, 6.07) is 3.50. The molecule has 1 aromatic rings. The van der Waals surface area contributed by atoms with Crippen molar-refractivity contribution in [3.05, 3.63) is 29.3 Å². The first-order chi connectivity index (χ1) is 9.40. The molecule has 1 atom stereocenters. The van der Waals surface area contributed by atoms with Gasteiger partial charge in [0.1, 0.15) is 9.84 Å². The zero-order valence-corrected chi connectivity index (χ0v) is 13.6. The molecule has 9 heteroatoms. The van der Waals surface area contributed by atoms with Crippen LogP contribution in [0.2, 0.25) is 0 Å². The van der Waals surface area contributed by atoms with Crippen LogP contribution in [0.1, 0.15) is 22.8 Å². The Morgan fingerprint density at radius 1 is 1.29 bits per heavy atom. The van der Waals surface area contributed by atoms with E-state index in [0.717, 1.165) is 6.26 Å². The summed E-state index contributed by atoms with van der Waals surface area (Å²) in [6.07, 6.45) is 1.07. The van der Waals surface area contributed by atoms with E-state index in [2.05, 4.69) is 5.32 Å². The number of amides is 1. The van der Waals surface area contributed by atoms with Crippen molar-refractivity contribution in [3.63, 3.8) is 0 Å². The molecule has 21 heavy (non-hydrogen) atoms. The normalized spacial score (nSPS) is 13.7. The Bertz CT molecular complexity index is 754. The Labute approximate surface area is 124 Å². The van der Waals surface area contributed by atoms with Crippen LogP contribution in [0.3, 0.4) is 0 Å². The van der Waals surface area contributed by atoms with Gasteiger partial charge in [-0.25, -0.2) is 22.0 Å². The fourth-order valence-electron chi connectivity index (χ4n) is 1.85. The summed E-state index contributed by atoms with van der Waals surface area (Å²) in [6.45, 7) is 3.11. The molecular formula is C12H18N2O5S2. The van der Waals surface area contributed by atoms with Crippen molar-refractivity contribution in [3.8, 4) is 0 Å². The van der Waals surface area contributed by atoms with Gasteiger partial charge < -0.3 is 5.32 Å². The van der Waals surface area contributed by atoms with Crippen LogP contribution in [-0.2, 0) is 19.9 Å². The molecule has 1 rings (SSSR count). The molecule has 7 nitrogen and oxygen atoms in total. The SMILES string of the molecule is Cc1ccc(C(=O)NC(C)CS(C)(=O)=O)cc1S(N)(=O)=O. The minimum Gasteiger partial charge on any atom is -0.349 e. The number of sulfonamides is 1. The second-order valence-electron chi connectivity index (χ2n) is 4.99. The molecule has 0 aliphatic carbocycles. The lowest BCUT2D eigenvalue weighted by atomic mass is 10.1. The lowest BCUT2D eigenvalue weighted by Gasteiger charge is -2.13. The van der Waals surface area contributed by atoms with Crippen molar-refractivity contribution >= 4 is 25.8 Å². The molecule has 0 bridgehead atoms. The van der Waals surface area contributed by atoms with Crippen LogP contribution >= 0.6 is 0 Å². The molecule has 0 fully saturated rings. The standard InChI is InChI=1S/C12H18N2O5S2/c1-8-4-5-10(6-11(8)21(13,18)19)12(15)14-9(2)7-20(3,16)17/h4-6,9H,7H2,1-3H3,(H,14,15)(H2,13,18,19). The molecule has 0 aliphatic rings. The number of primary sulfonamides is 1. The molecule has 0 saturated carbocycles. The maximum Gasteiger partial charge on any atom is 0.251 e. The number of rotatable bonds is 5. The van der Waals surface area contributed by atoms with E-state index in [4.69, 9.17) is 5.14 Å². The van der Waals surface area contributed by atoms with Gasteiger partial charge in [0.2, 0.25) is 10.0 Å². The molecule has 0 radical (unpaired) electrons. The highest BCUT2D eigenvalue weighted by Crippen LogP contribution is 2.15. The van der Waals surface area contributed by atoms with Gasteiger partial charge in [0.25, 0.3) is 5.91 Å². The first-order valence-electron chi connectivity index (χ1n) is 6.02. The first-order valence-corrected chi connectivity index (χ1v) is 9.63. The van der Waals surface area contributed by atoms with Crippen LogP contribution < -0.4 is 10.5 Å². The highest BCUT2D eigenvalue weighted by atomic mass is 32.2. The summed E-state index contributed by atoms with van der Waals surface area (Å²) >= 11 is 0. The lowest BCUT2D eigenvalue weighted by molar-refractivity contribution is 0.0943. The third-order valence-corrected chi connectivity index (χ3v) is 4.85. The Morgan fingerprint density at radius 2 is 1.86 bits per heavy atom. The average molecular weight is 334 g/mol. The van der Waals surface area contributed by atoms with E-state index < -0.39 is 31.8 Å². The van der Waals surface area contributed by atoms with Crippen LogP contribution in [0.25, 0.3) is 0 Å². The summed E-state index contributed by atoms with van der Waals surface area (Å²) in [4.78, 5) is 11.9. The van der Waals surface area contributed by atoms with E-state index >= 15 is 0 Å². The van der Waals surface area contributed by atoms with Crippen LogP contribution in [-0.4, -0.2) is 40.8 Å². The first kappa shape index (κ1) is 17.6. The number of nitrogens with two attached hydrogens (primary N) is 1. The zero-order valence-electron chi connectivity index (χ0n) is 12.0. The molecule has 0 heterocycles. The second-order valence-corrected chi connectivity index (χ2v) is 8.71. The van der Waals surface area contributed by atoms with Crippen LogP contribution in [0, 0.1) is 6.92 Å². The highest BCUT2D eigenvalue weighted by molar-refractivity contribution is 7.90. The fraction of sp³-hybridized carbons (Fsp3) is 0.417.